The number of Topliss-reactive ketones (excluding diaryl/α,β-unsaturated/α-hetero) is 1. The molecule has 0 saturated carbocycles. The molecule has 1 aliphatic heterocycles. The van der Waals surface area contributed by atoms with Crippen LogP contribution in [-0.2, 0) is 4.74 Å². The van der Waals surface area contributed by atoms with E-state index in [0.29, 0.717) is 17.9 Å². The predicted octanol–water partition coefficient (Wildman–Crippen LogP) is 1.45. The summed E-state index contributed by atoms with van der Waals surface area (Å²) < 4.78 is 5.55. The molecule has 0 spiro atoms. The summed E-state index contributed by atoms with van der Waals surface area (Å²) in [4.78, 5) is 13.8. The summed E-state index contributed by atoms with van der Waals surface area (Å²) in [5.41, 5.74) is 7.96. The molecule has 0 atom stereocenters. The fourth-order valence-electron chi connectivity index (χ4n) is 2.55. The molecule has 1 heterocycles. The molecule has 0 radical (unpaired) electrons. The normalized spacial score (nSPS) is 16.4. The van der Waals surface area contributed by atoms with Crippen LogP contribution >= 0.6 is 0 Å². The second-order valence-corrected chi connectivity index (χ2v) is 5.11. The summed E-state index contributed by atoms with van der Waals surface area (Å²) in [6.45, 7) is 3.78. The van der Waals surface area contributed by atoms with Gasteiger partial charge in [-0.3, -0.25) is 4.79 Å². The van der Waals surface area contributed by atoms with E-state index in [-0.39, 0.29) is 18.5 Å². The van der Waals surface area contributed by atoms with Crippen molar-refractivity contribution >= 4 is 17.2 Å². The van der Waals surface area contributed by atoms with Gasteiger partial charge in [0.1, 0.15) is 0 Å². The minimum Gasteiger partial charge on any atom is -0.398 e. The number of ketones is 1. The van der Waals surface area contributed by atoms with Gasteiger partial charge in [-0.2, -0.15) is 0 Å². The lowest BCUT2D eigenvalue weighted by atomic mass is 10.0. The maximum atomic E-state index is 11.5. The highest BCUT2D eigenvalue weighted by molar-refractivity contribution is 6.00. The molecule has 0 aromatic heterocycles. The summed E-state index contributed by atoms with van der Waals surface area (Å²) >= 11 is 0. The molecule has 1 saturated heterocycles. The maximum absolute atomic E-state index is 11.5. The first-order valence-electron chi connectivity index (χ1n) is 6.99. The van der Waals surface area contributed by atoms with Crippen LogP contribution in [0.3, 0.4) is 0 Å². The summed E-state index contributed by atoms with van der Waals surface area (Å²) in [6, 6.07) is 5.61. The molecule has 5 heteroatoms. The number of carbonyl (C=O) groups is 1. The lowest BCUT2D eigenvalue weighted by Crippen LogP contribution is -2.37. The van der Waals surface area contributed by atoms with Gasteiger partial charge in [-0.1, -0.05) is 0 Å². The van der Waals surface area contributed by atoms with E-state index in [1.54, 1.807) is 6.07 Å². The number of nitrogen functional groups attached to an aromatic ring is 1. The first-order chi connectivity index (χ1) is 9.61. The van der Waals surface area contributed by atoms with E-state index >= 15 is 0 Å². The first-order valence-corrected chi connectivity index (χ1v) is 6.99. The van der Waals surface area contributed by atoms with Crippen LogP contribution in [-0.4, -0.2) is 43.3 Å². The zero-order valence-corrected chi connectivity index (χ0v) is 11.8. The molecule has 1 fully saturated rings. The van der Waals surface area contributed by atoms with Gasteiger partial charge in [0.05, 0.1) is 19.3 Å². The van der Waals surface area contributed by atoms with Gasteiger partial charge in [0.2, 0.25) is 0 Å². The van der Waals surface area contributed by atoms with Crippen LogP contribution in [0.4, 0.5) is 11.4 Å². The summed E-state index contributed by atoms with van der Waals surface area (Å²) in [5.74, 6) is -0.00878. The molecule has 2 rings (SSSR count). The zero-order chi connectivity index (χ0) is 14.5. The lowest BCUT2D eigenvalue weighted by molar-refractivity contribution is 0.0159. The lowest BCUT2D eigenvalue weighted by Gasteiger charge is -2.33. The Bertz CT molecular complexity index is 468. The van der Waals surface area contributed by atoms with Gasteiger partial charge >= 0.3 is 0 Å². The average Bonchev–Trinajstić information content (AvgIpc) is 2.46. The molecule has 3 N–H and O–H groups in total. The largest absolute Gasteiger partial charge is 0.398 e. The van der Waals surface area contributed by atoms with Crippen LogP contribution in [0.5, 0.6) is 0 Å². The van der Waals surface area contributed by atoms with Crippen LogP contribution in [0.15, 0.2) is 18.2 Å². The number of hydrogen-bond acceptors (Lipinski definition) is 5. The van der Waals surface area contributed by atoms with Gasteiger partial charge in [0, 0.05) is 30.0 Å². The van der Waals surface area contributed by atoms with Gasteiger partial charge in [0.25, 0.3) is 0 Å². The van der Waals surface area contributed by atoms with Crippen LogP contribution < -0.4 is 10.6 Å². The van der Waals surface area contributed by atoms with Crippen LogP contribution in [0, 0.1) is 0 Å². The molecule has 1 aromatic rings. The zero-order valence-electron chi connectivity index (χ0n) is 11.8. The van der Waals surface area contributed by atoms with E-state index in [4.69, 9.17) is 15.6 Å². The third kappa shape index (κ3) is 3.49. The minimum absolute atomic E-state index is 0.00878. The number of nitrogens with zero attached hydrogens (tertiary/aromatic N) is 1. The van der Waals surface area contributed by atoms with E-state index in [0.717, 1.165) is 31.6 Å². The number of benzene rings is 1. The third-order valence-corrected chi connectivity index (χ3v) is 3.67. The highest BCUT2D eigenvalue weighted by atomic mass is 16.5. The van der Waals surface area contributed by atoms with E-state index < -0.39 is 0 Å². The smallest absolute Gasteiger partial charge is 0.161 e. The van der Waals surface area contributed by atoms with Crippen molar-refractivity contribution in [3.63, 3.8) is 0 Å². The average molecular weight is 278 g/mol. The monoisotopic (exact) mass is 278 g/mol. The minimum atomic E-state index is -0.00878. The highest BCUT2D eigenvalue weighted by Gasteiger charge is 2.20. The van der Waals surface area contributed by atoms with Crippen LogP contribution in [0.25, 0.3) is 0 Å². The molecule has 0 amide bonds. The van der Waals surface area contributed by atoms with Crippen molar-refractivity contribution in [2.24, 2.45) is 0 Å². The molecule has 5 nitrogen and oxygen atoms in total. The Balaban J connectivity index is 2.00. The third-order valence-electron chi connectivity index (χ3n) is 3.67. The number of hydrogen-bond donors (Lipinski definition) is 2. The molecule has 20 heavy (non-hydrogen) atoms. The summed E-state index contributed by atoms with van der Waals surface area (Å²) in [6.07, 6.45) is 2.08. The number of anilines is 2. The Kier molecular flexibility index (Phi) is 4.98. The van der Waals surface area contributed by atoms with Gasteiger partial charge < -0.3 is 20.5 Å². The standard InChI is InChI=1S/C15H22N2O3/c1-11(19)14-10-12(2-3-15(14)16)17-6-4-13(5-7-17)20-9-8-18/h2-3,10,13,18H,4-9,16H2,1H3. The van der Waals surface area contributed by atoms with Crippen molar-refractivity contribution in [2.75, 3.05) is 36.9 Å². The number of carbonyl (C=O) groups excluding carboxylic acids is 1. The van der Waals surface area contributed by atoms with Crippen LogP contribution in [0.2, 0.25) is 0 Å². The number of aliphatic hydroxyl groups is 1. The first kappa shape index (κ1) is 14.8. The quantitative estimate of drug-likeness (QED) is 0.630. The topological polar surface area (TPSA) is 75.8 Å². The number of aliphatic hydroxyl groups excluding tert-OH is 1. The number of ether oxygens (including phenoxy) is 1. The number of nitrogens with two attached hydrogens (primary N) is 1. The summed E-state index contributed by atoms with van der Waals surface area (Å²) in [5, 5.41) is 8.76. The van der Waals surface area contributed by atoms with Crippen molar-refractivity contribution in [3.8, 4) is 0 Å². The second kappa shape index (κ2) is 6.72. The SMILES string of the molecule is CC(=O)c1cc(N2CCC(OCCO)CC2)ccc1N. The maximum Gasteiger partial charge on any atom is 0.161 e. The van der Waals surface area contributed by atoms with Crippen LogP contribution in [0.1, 0.15) is 30.1 Å². The Morgan fingerprint density at radius 1 is 1.45 bits per heavy atom. The highest BCUT2D eigenvalue weighted by Crippen LogP contribution is 2.25. The van der Waals surface area contributed by atoms with Crippen molar-refractivity contribution in [3.05, 3.63) is 23.8 Å². The van der Waals surface area contributed by atoms with E-state index in [2.05, 4.69) is 4.90 Å². The van der Waals surface area contributed by atoms with Gasteiger partial charge in [0.15, 0.2) is 5.78 Å². The van der Waals surface area contributed by atoms with Gasteiger partial charge in [-0.15, -0.1) is 0 Å². The number of rotatable bonds is 5. The van der Waals surface area contributed by atoms with Crippen molar-refractivity contribution in [1.82, 2.24) is 0 Å². The molecule has 0 aliphatic carbocycles. The predicted molar refractivity (Wildman–Crippen MR) is 79.1 cm³/mol. The second-order valence-electron chi connectivity index (χ2n) is 5.11. The fraction of sp³-hybridized carbons (Fsp3) is 0.533. The molecule has 1 aromatic carbocycles. The Morgan fingerprint density at radius 3 is 2.75 bits per heavy atom. The molecular weight excluding hydrogens is 256 g/mol. The molecule has 0 bridgehead atoms. The number of piperidine rings is 1. The van der Waals surface area contributed by atoms with E-state index in [1.165, 1.54) is 6.92 Å². The van der Waals surface area contributed by atoms with Crippen molar-refractivity contribution < 1.29 is 14.6 Å². The van der Waals surface area contributed by atoms with Gasteiger partial charge in [-0.05, 0) is 38.0 Å². The molecule has 110 valence electrons. The Labute approximate surface area is 119 Å². The molecule has 1 aliphatic rings. The van der Waals surface area contributed by atoms with Gasteiger partial charge in [-0.25, -0.2) is 0 Å². The fourth-order valence-corrected chi connectivity index (χ4v) is 2.55. The molecular formula is C15H22N2O3. The molecule has 0 unspecified atom stereocenters. The van der Waals surface area contributed by atoms with E-state index in [9.17, 15) is 4.79 Å². The van der Waals surface area contributed by atoms with Crippen molar-refractivity contribution in [1.29, 1.82) is 0 Å². The Morgan fingerprint density at radius 2 is 2.15 bits per heavy atom. The Hall–Kier alpha value is -1.59. The van der Waals surface area contributed by atoms with E-state index in [1.807, 2.05) is 12.1 Å². The summed E-state index contributed by atoms with van der Waals surface area (Å²) in [7, 11) is 0. The van der Waals surface area contributed by atoms with Crippen molar-refractivity contribution in [2.45, 2.75) is 25.9 Å².